The molecule has 0 aromatic carbocycles. The van der Waals surface area contributed by atoms with Crippen LogP contribution in [0, 0.1) is 58.7 Å². The van der Waals surface area contributed by atoms with Crippen molar-refractivity contribution in [2.75, 3.05) is 19.7 Å². The van der Waals surface area contributed by atoms with E-state index in [2.05, 4.69) is 25.7 Å². The molecule has 0 spiro atoms. The van der Waals surface area contributed by atoms with Crippen molar-refractivity contribution in [3.8, 4) is 0 Å². The number of rotatable bonds is 3. The lowest BCUT2D eigenvalue weighted by Crippen LogP contribution is -2.60. The number of aliphatic hydroxyl groups is 4. The Kier molecular flexibility index (Phi) is 7.66. The molecule has 3 saturated heterocycles. The van der Waals surface area contributed by atoms with E-state index in [-0.39, 0.29) is 17.4 Å². The van der Waals surface area contributed by atoms with Crippen LogP contribution in [0.1, 0.15) is 78.6 Å². The molecule has 0 bridgehead atoms. The molecule has 3 heterocycles. The van der Waals surface area contributed by atoms with Crippen LogP contribution in [0.4, 0.5) is 0 Å². The van der Waals surface area contributed by atoms with E-state index in [0.29, 0.717) is 36.4 Å². The highest BCUT2D eigenvalue weighted by atomic mass is 16.7. The van der Waals surface area contributed by atoms with Crippen molar-refractivity contribution in [2.45, 2.75) is 121 Å². The number of carbonyl (C=O) groups excluding carboxylic acids is 1. The summed E-state index contributed by atoms with van der Waals surface area (Å²) in [5.74, 6) is 6.08. The smallest absolute Gasteiger partial charge is 0.186 e. The first kappa shape index (κ1) is 29.1. The molecular weight excluding hydrogens is 522 g/mol. The normalized spacial score (nSPS) is 57.2. The maximum atomic E-state index is 13.9. The molecule has 0 radical (unpaired) electrons. The summed E-state index contributed by atoms with van der Waals surface area (Å²) < 4.78 is 11.8. The molecule has 0 amide bonds. The van der Waals surface area contributed by atoms with Crippen LogP contribution in [0.25, 0.3) is 0 Å². The standard InChI is InChI=1S/C33H53NO7/c1-16-4-7-26-17(2)19-5-6-20-21(23(19)14-34(26)13-16)11-24-22(20)12-27(36)25-10-18(8-9-33(24,25)3)40-32-31(39)30(38)29(37)28(15-35)41-32/h16-26,28-32,35,37-39H,4-15H2,1-3H3/t16-,17-,18+,19-,20-,21-,22+,23-,24+,25-,26+,28?,29?,30?,31?,32?,33-/m1/s1. The minimum Gasteiger partial charge on any atom is -0.394 e. The minimum absolute atomic E-state index is 0.0233. The third-order valence-corrected chi connectivity index (χ3v) is 13.9. The Morgan fingerprint density at radius 3 is 2.46 bits per heavy atom. The molecule has 5 unspecified atom stereocenters. The molecule has 0 aromatic rings. The van der Waals surface area contributed by atoms with E-state index in [1.807, 2.05) is 0 Å². The lowest BCUT2D eigenvalue weighted by Gasteiger charge is -2.56. The number of nitrogens with zero attached hydrogens (tertiary/aromatic N) is 1. The lowest BCUT2D eigenvalue weighted by atomic mass is 9.51. The Labute approximate surface area is 245 Å². The van der Waals surface area contributed by atoms with E-state index < -0.39 is 37.3 Å². The highest BCUT2D eigenvalue weighted by molar-refractivity contribution is 5.83. The summed E-state index contributed by atoms with van der Waals surface area (Å²) in [6, 6.07) is 0.773. The van der Waals surface area contributed by atoms with Gasteiger partial charge in [0, 0.05) is 31.5 Å². The van der Waals surface area contributed by atoms with Crippen molar-refractivity contribution >= 4 is 5.78 Å². The average molecular weight is 576 g/mol. The fraction of sp³-hybridized carbons (Fsp3) is 0.970. The van der Waals surface area contributed by atoms with Crippen LogP contribution in [0.3, 0.4) is 0 Å². The molecule has 4 saturated carbocycles. The Morgan fingerprint density at radius 1 is 0.902 bits per heavy atom. The van der Waals surface area contributed by atoms with Gasteiger partial charge in [0.05, 0.1) is 12.7 Å². The second kappa shape index (κ2) is 10.8. The molecule has 3 aliphatic heterocycles. The number of hydrogen-bond donors (Lipinski definition) is 4. The second-order valence-electron chi connectivity index (χ2n) is 15.8. The molecule has 7 rings (SSSR count). The van der Waals surface area contributed by atoms with Gasteiger partial charge in [-0.1, -0.05) is 20.8 Å². The van der Waals surface area contributed by atoms with Gasteiger partial charge in [-0.2, -0.15) is 0 Å². The van der Waals surface area contributed by atoms with E-state index >= 15 is 0 Å². The first-order chi connectivity index (χ1) is 19.6. The predicted octanol–water partition coefficient (Wildman–Crippen LogP) is 2.60. The fourth-order valence-electron chi connectivity index (χ4n) is 11.8. The van der Waals surface area contributed by atoms with Gasteiger partial charge in [0.25, 0.3) is 0 Å². The van der Waals surface area contributed by atoms with Gasteiger partial charge in [0.15, 0.2) is 6.29 Å². The van der Waals surface area contributed by atoms with Gasteiger partial charge in [0.1, 0.15) is 30.2 Å². The number of Topliss-reactive ketones (excluding diaryl/α,β-unsaturated/α-hetero) is 1. The Morgan fingerprint density at radius 2 is 1.68 bits per heavy atom. The third-order valence-electron chi connectivity index (χ3n) is 13.9. The zero-order chi connectivity index (χ0) is 28.8. The number of ketones is 1. The molecule has 8 nitrogen and oxygen atoms in total. The van der Waals surface area contributed by atoms with Gasteiger partial charge in [-0.15, -0.1) is 0 Å². The summed E-state index contributed by atoms with van der Waals surface area (Å²) in [7, 11) is 0. The molecule has 17 atom stereocenters. The monoisotopic (exact) mass is 575 g/mol. The molecule has 232 valence electrons. The number of carbonyl (C=O) groups is 1. The number of piperidine rings is 2. The van der Waals surface area contributed by atoms with E-state index in [4.69, 9.17) is 9.47 Å². The summed E-state index contributed by atoms with van der Waals surface area (Å²) in [6.07, 6.45) is 3.05. The van der Waals surface area contributed by atoms with Gasteiger partial charge in [-0.05, 0) is 104 Å². The van der Waals surface area contributed by atoms with Crippen LogP contribution in [0.2, 0.25) is 0 Å². The summed E-state index contributed by atoms with van der Waals surface area (Å²) in [6.45, 7) is 9.41. The van der Waals surface area contributed by atoms with E-state index in [1.54, 1.807) is 0 Å². The van der Waals surface area contributed by atoms with Crippen LogP contribution in [-0.2, 0) is 14.3 Å². The van der Waals surface area contributed by atoms with Crippen LogP contribution >= 0.6 is 0 Å². The summed E-state index contributed by atoms with van der Waals surface area (Å²) in [5.41, 5.74) is -0.0233. The first-order valence-corrected chi connectivity index (χ1v) is 16.8. The molecule has 8 heteroatoms. The van der Waals surface area contributed by atoms with Crippen LogP contribution in [0.15, 0.2) is 0 Å². The lowest BCUT2D eigenvalue weighted by molar-refractivity contribution is -0.315. The number of hydrogen-bond acceptors (Lipinski definition) is 8. The molecule has 7 aliphatic rings. The predicted molar refractivity (Wildman–Crippen MR) is 151 cm³/mol. The van der Waals surface area contributed by atoms with E-state index in [0.717, 1.165) is 48.5 Å². The largest absolute Gasteiger partial charge is 0.394 e. The zero-order valence-corrected chi connectivity index (χ0v) is 25.2. The highest BCUT2D eigenvalue weighted by Crippen LogP contribution is 2.66. The summed E-state index contributed by atoms with van der Waals surface area (Å²) in [4.78, 5) is 16.7. The van der Waals surface area contributed by atoms with Crippen LogP contribution in [0.5, 0.6) is 0 Å². The van der Waals surface area contributed by atoms with Crippen molar-refractivity contribution in [2.24, 2.45) is 58.7 Å². The molecule has 4 aliphatic carbocycles. The molecule has 7 fully saturated rings. The summed E-state index contributed by atoms with van der Waals surface area (Å²) >= 11 is 0. The van der Waals surface area contributed by atoms with Gasteiger partial charge in [-0.3, -0.25) is 9.69 Å². The number of fused-ring (bicyclic) bond motifs is 8. The van der Waals surface area contributed by atoms with Crippen molar-refractivity contribution in [3.05, 3.63) is 0 Å². The minimum atomic E-state index is -1.45. The quantitative estimate of drug-likeness (QED) is 0.379. The molecular formula is C33H53NO7. The topological polar surface area (TPSA) is 120 Å². The fourth-order valence-corrected chi connectivity index (χ4v) is 11.8. The van der Waals surface area contributed by atoms with E-state index in [9.17, 15) is 25.2 Å². The third kappa shape index (κ3) is 4.60. The number of ether oxygens (including phenoxy) is 2. The highest BCUT2D eigenvalue weighted by Gasteiger charge is 2.63. The average Bonchev–Trinajstić information content (AvgIpc) is 3.34. The second-order valence-corrected chi connectivity index (χ2v) is 15.8. The Bertz CT molecular complexity index is 991. The molecule has 4 N–H and O–H groups in total. The molecule has 41 heavy (non-hydrogen) atoms. The van der Waals surface area contributed by atoms with Crippen molar-refractivity contribution in [1.29, 1.82) is 0 Å². The maximum Gasteiger partial charge on any atom is 0.186 e. The van der Waals surface area contributed by atoms with Gasteiger partial charge < -0.3 is 29.9 Å². The van der Waals surface area contributed by atoms with Crippen molar-refractivity contribution in [1.82, 2.24) is 4.90 Å². The Hall–Kier alpha value is -0.610. The maximum absolute atomic E-state index is 13.9. The van der Waals surface area contributed by atoms with Gasteiger partial charge in [-0.25, -0.2) is 0 Å². The van der Waals surface area contributed by atoms with E-state index in [1.165, 1.54) is 45.2 Å². The number of aliphatic hydroxyl groups excluding tert-OH is 4. The molecule has 0 aromatic heterocycles. The van der Waals surface area contributed by atoms with Crippen LogP contribution in [-0.4, -0.2) is 93.7 Å². The zero-order valence-electron chi connectivity index (χ0n) is 25.2. The van der Waals surface area contributed by atoms with Crippen molar-refractivity contribution < 1.29 is 34.7 Å². The van der Waals surface area contributed by atoms with Gasteiger partial charge in [0.2, 0.25) is 0 Å². The summed E-state index contributed by atoms with van der Waals surface area (Å²) in [5, 5.41) is 40.4. The first-order valence-electron chi connectivity index (χ1n) is 16.8. The Balaban J connectivity index is 1.06. The van der Waals surface area contributed by atoms with Gasteiger partial charge >= 0.3 is 0 Å². The van der Waals surface area contributed by atoms with Crippen molar-refractivity contribution in [3.63, 3.8) is 0 Å². The van der Waals surface area contributed by atoms with Crippen LogP contribution < -0.4 is 0 Å². The SMILES string of the molecule is C[C@@H]1CC[C@H]2[C@H](C)[C@H]3CC[C@@H]4[C@@H](C[C@H]5[C@H]4CC(=O)[C@H]4C[C@@H](OC6OC(CO)C(O)C(O)C6O)CC[C@@]45C)[C@@H]3CN2C1.